The molecule has 1 unspecified atom stereocenters. The minimum atomic E-state index is -1.43. The maximum atomic E-state index is 4.33. The number of nitrogens with zero attached hydrogens (tertiary/aromatic N) is 1. The van der Waals surface area contributed by atoms with Crippen molar-refractivity contribution in [1.29, 1.82) is 0 Å². The summed E-state index contributed by atoms with van der Waals surface area (Å²) in [4.78, 5) is 0. The summed E-state index contributed by atoms with van der Waals surface area (Å²) in [6, 6.07) is 7.90. The van der Waals surface area contributed by atoms with Crippen LogP contribution in [0.15, 0.2) is 41.2 Å². The average Bonchev–Trinajstić information content (AvgIpc) is 2.48. The maximum absolute atomic E-state index is 4.33. The molecule has 130 valence electrons. The van der Waals surface area contributed by atoms with E-state index in [1.807, 2.05) is 0 Å². The van der Waals surface area contributed by atoms with Gasteiger partial charge in [-0.15, -0.1) is 0 Å². The second-order valence-electron chi connectivity index (χ2n) is 8.60. The minimum absolute atomic E-state index is 0.553. The molecule has 1 aliphatic rings. The first kappa shape index (κ1) is 18.8. The summed E-state index contributed by atoms with van der Waals surface area (Å²) >= 11 is 0. The maximum Gasteiger partial charge on any atom is 0.147 e. The summed E-state index contributed by atoms with van der Waals surface area (Å²) in [5, 5.41) is 1.53. The van der Waals surface area contributed by atoms with Crippen LogP contribution >= 0.6 is 0 Å². The first-order chi connectivity index (χ1) is 11.0. The molecule has 0 aliphatic carbocycles. The number of aryl methyl sites for hydroxylation is 2. The number of benzene rings is 1. The molecule has 0 saturated heterocycles. The predicted molar refractivity (Wildman–Crippen MR) is 109 cm³/mol. The van der Waals surface area contributed by atoms with Crippen LogP contribution < -0.4 is 0 Å². The van der Waals surface area contributed by atoms with Crippen molar-refractivity contribution in [2.75, 3.05) is 0 Å². The lowest BCUT2D eigenvalue weighted by molar-refractivity contribution is -0.418. The lowest BCUT2D eigenvalue weighted by Gasteiger charge is -2.35. The van der Waals surface area contributed by atoms with Crippen molar-refractivity contribution >= 4 is 14.8 Å². The first-order valence-electron chi connectivity index (χ1n) is 9.01. The molecule has 0 radical (unpaired) electrons. The topological polar surface area (TPSA) is 3.01 Å². The molecular weight excluding hydrogens is 306 g/mol. The Morgan fingerprint density at radius 1 is 1.08 bits per heavy atom. The second kappa shape index (κ2) is 6.76. The molecule has 2 rings (SSSR count). The van der Waals surface area contributed by atoms with E-state index in [9.17, 15) is 0 Å². The van der Waals surface area contributed by atoms with Crippen LogP contribution in [0, 0.1) is 31.7 Å². The van der Waals surface area contributed by atoms with E-state index in [1.54, 1.807) is 0 Å². The predicted octanol–water partition coefficient (Wildman–Crippen LogP) is 5.89. The Bertz CT molecular complexity index is 701. The molecule has 1 aliphatic heterocycles. The van der Waals surface area contributed by atoms with Gasteiger partial charge in [0.1, 0.15) is 12.2 Å². The third-order valence-electron chi connectivity index (χ3n) is 5.17. The zero-order valence-electron chi connectivity index (χ0n) is 16.7. The Balaban J connectivity index is 2.59. The Kier molecular flexibility index (Phi) is 5.29. The van der Waals surface area contributed by atoms with Gasteiger partial charge in [-0.3, -0.25) is 4.58 Å². The first-order valence-corrected chi connectivity index (χ1v) is 12.5. The number of rotatable bonds is 4. The molecule has 0 spiro atoms. The van der Waals surface area contributed by atoms with Gasteiger partial charge in [-0.25, -0.2) is 0 Å². The molecule has 0 saturated carbocycles. The van der Waals surface area contributed by atoms with E-state index in [4.69, 9.17) is 0 Å². The zero-order valence-corrected chi connectivity index (χ0v) is 17.7. The smallest absolute Gasteiger partial charge is 0.147 e. The molecule has 0 bridgehead atoms. The van der Waals surface area contributed by atoms with E-state index >= 15 is 0 Å². The molecule has 1 aromatic rings. The van der Waals surface area contributed by atoms with Crippen LogP contribution in [0.25, 0.3) is 0 Å². The second-order valence-corrected chi connectivity index (χ2v) is 13.6. The van der Waals surface area contributed by atoms with Crippen molar-refractivity contribution in [3.8, 4) is 0 Å². The van der Waals surface area contributed by atoms with Crippen LogP contribution in [0.4, 0.5) is 0 Å². The quantitative estimate of drug-likeness (QED) is 0.365. The van der Waals surface area contributed by atoms with Gasteiger partial charge in [0.05, 0.1) is 14.8 Å². The fourth-order valence-electron chi connectivity index (χ4n) is 3.21. The monoisotopic (exact) mass is 339 g/mol. The third-order valence-corrected chi connectivity index (χ3v) is 7.20. The average molecular weight is 340 g/mol. The molecule has 24 heavy (non-hydrogen) atoms. The van der Waals surface area contributed by atoms with Crippen molar-refractivity contribution in [2.45, 2.75) is 54.3 Å². The molecular formula is C22H33NSi. The van der Waals surface area contributed by atoms with Crippen LogP contribution in [-0.2, 0) is 0 Å². The molecule has 0 aromatic heterocycles. The molecule has 0 N–H and O–H groups in total. The van der Waals surface area contributed by atoms with Crippen molar-refractivity contribution in [1.82, 2.24) is 0 Å². The highest BCUT2D eigenvalue weighted by Crippen LogP contribution is 2.38. The third kappa shape index (κ3) is 3.75. The van der Waals surface area contributed by atoms with Crippen molar-refractivity contribution < 1.29 is 4.58 Å². The highest BCUT2D eigenvalue weighted by molar-refractivity contribution is 6.84. The molecule has 0 fully saturated rings. The molecule has 1 nitrogen and oxygen atoms in total. The summed E-state index contributed by atoms with van der Waals surface area (Å²) in [6.07, 6.45) is 4.71. The Hall–Kier alpha value is -1.54. The SMILES string of the molecule is C=[N+]1C=C([Si](C)(C)C)C(C(C)C(C)C)=C[C-]1c1cc(C)ccc1C. The molecule has 2 heteroatoms. The van der Waals surface area contributed by atoms with Crippen LogP contribution in [-0.4, -0.2) is 19.4 Å². The van der Waals surface area contributed by atoms with Gasteiger partial charge in [0.2, 0.25) is 0 Å². The molecule has 0 amide bonds. The lowest BCUT2D eigenvalue weighted by Crippen LogP contribution is -2.33. The van der Waals surface area contributed by atoms with Crippen LogP contribution in [0.2, 0.25) is 19.6 Å². The lowest BCUT2D eigenvalue weighted by atomic mass is 9.85. The van der Waals surface area contributed by atoms with Crippen LogP contribution in [0.5, 0.6) is 0 Å². The number of hydrogen-bond acceptors (Lipinski definition) is 0. The summed E-state index contributed by atoms with van der Waals surface area (Å²) in [6.45, 7) is 23.0. The highest BCUT2D eigenvalue weighted by Gasteiger charge is 2.32. The van der Waals surface area contributed by atoms with E-state index in [0.717, 1.165) is 0 Å². The van der Waals surface area contributed by atoms with Gasteiger partial charge in [0.15, 0.2) is 0 Å². The van der Waals surface area contributed by atoms with Crippen molar-refractivity contribution in [3.05, 3.63) is 64.0 Å². The van der Waals surface area contributed by atoms with Gasteiger partial charge in [0, 0.05) is 0 Å². The fourth-order valence-corrected chi connectivity index (χ4v) is 4.92. The highest BCUT2D eigenvalue weighted by atomic mass is 28.3. The van der Waals surface area contributed by atoms with Crippen molar-refractivity contribution in [3.63, 3.8) is 0 Å². The Labute approximate surface area is 149 Å². The molecule has 1 aromatic carbocycles. The largest absolute Gasteiger partial charge is 0.255 e. The van der Waals surface area contributed by atoms with Gasteiger partial charge in [-0.1, -0.05) is 82.2 Å². The van der Waals surface area contributed by atoms with E-state index in [2.05, 4.69) is 96.0 Å². The van der Waals surface area contributed by atoms with Gasteiger partial charge < -0.3 is 0 Å². The van der Waals surface area contributed by atoms with Crippen LogP contribution in [0.3, 0.4) is 0 Å². The Morgan fingerprint density at radius 2 is 1.71 bits per heavy atom. The van der Waals surface area contributed by atoms with E-state index < -0.39 is 8.07 Å². The van der Waals surface area contributed by atoms with E-state index in [1.165, 1.54) is 33.5 Å². The van der Waals surface area contributed by atoms with E-state index in [-0.39, 0.29) is 0 Å². The summed E-state index contributed by atoms with van der Waals surface area (Å²) in [5.74, 6) is 1.18. The van der Waals surface area contributed by atoms with Gasteiger partial charge >= 0.3 is 0 Å². The van der Waals surface area contributed by atoms with Gasteiger partial charge in [-0.2, -0.15) is 0 Å². The number of hydrogen-bond donors (Lipinski definition) is 0. The standard InChI is InChI=1S/C22H33NSi/c1-15(2)18(5)20-13-21(19-12-16(3)10-11-17(19)4)23(6)14-22(20)24(7,8)9/h10-15,18H,6H2,1-5,7-9H3. The molecule has 1 heterocycles. The Morgan fingerprint density at radius 3 is 2.25 bits per heavy atom. The van der Waals surface area contributed by atoms with Gasteiger partial charge in [-0.05, 0) is 35.6 Å². The van der Waals surface area contributed by atoms with Crippen molar-refractivity contribution in [2.24, 2.45) is 11.8 Å². The van der Waals surface area contributed by atoms with E-state index in [0.29, 0.717) is 11.8 Å². The molecule has 1 atom stereocenters. The van der Waals surface area contributed by atoms with Crippen LogP contribution in [0.1, 0.15) is 37.5 Å². The fraction of sp³-hybridized carbons (Fsp3) is 0.455. The zero-order chi connectivity index (χ0) is 18.2. The summed E-state index contributed by atoms with van der Waals surface area (Å²) in [7, 11) is -1.43. The minimum Gasteiger partial charge on any atom is -0.255 e. The summed E-state index contributed by atoms with van der Waals surface area (Å²) in [5.41, 5.74) is 5.41. The summed E-state index contributed by atoms with van der Waals surface area (Å²) < 4.78 is 2.09. The normalized spacial score (nSPS) is 17.0. The number of allylic oxidation sites excluding steroid dienone is 2. The van der Waals surface area contributed by atoms with Gasteiger partial charge in [0.25, 0.3) is 0 Å².